The van der Waals surface area contributed by atoms with Crippen LogP contribution in [0.2, 0.25) is 0 Å². The number of benzene rings is 3. The molecule has 0 heterocycles. The molecule has 0 spiro atoms. The normalized spacial score (nSPS) is 12.1. The Morgan fingerprint density at radius 2 is 1.41 bits per heavy atom. The maximum absolute atomic E-state index is 13.8. The van der Waals surface area contributed by atoms with Crippen LogP contribution in [0, 0.1) is 0 Å². The second kappa shape index (κ2) is 14.7. The first-order valence-corrected chi connectivity index (χ1v) is 13.0. The highest BCUT2D eigenvalue weighted by atomic mass is 16.5. The van der Waals surface area contributed by atoms with E-state index in [1.807, 2.05) is 68.4 Å². The highest BCUT2D eigenvalue weighted by molar-refractivity contribution is 5.88. The molecular weight excluding hydrogens is 496 g/mol. The van der Waals surface area contributed by atoms with Crippen LogP contribution in [-0.2, 0) is 22.6 Å². The fourth-order valence-electron chi connectivity index (χ4n) is 4.06. The summed E-state index contributed by atoms with van der Waals surface area (Å²) in [4.78, 5) is 29.0. The van der Waals surface area contributed by atoms with Gasteiger partial charge in [0.2, 0.25) is 5.91 Å². The first-order valence-electron chi connectivity index (χ1n) is 13.0. The van der Waals surface area contributed by atoms with Crippen molar-refractivity contribution in [2.24, 2.45) is 0 Å². The Bertz CT molecular complexity index is 1190. The van der Waals surface area contributed by atoms with Gasteiger partial charge < -0.3 is 29.2 Å². The molecule has 0 radical (unpaired) electrons. The lowest BCUT2D eigenvalue weighted by molar-refractivity contribution is -0.143. The third kappa shape index (κ3) is 8.67. The molecule has 1 N–H and O–H groups in total. The lowest BCUT2D eigenvalue weighted by atomic mass is 10.0. The molecule has 0 aliphatic carbocycles. The van der Waals surface area contributed by atoms with Crippen LogP contribution in [0.1, 0.15) is 31.4 Å². The van der Waals surface area contributed by atoms with Crippen LogP contribution in [0.5, 0.6) is 23.0 Å². The molecule has 2 atom stereocenters. The number of methoxy groups -OCH3 is 3. The van der Waals surface area contributed by atoms with E-state index in [9.17, 15) is 9.59 Å². The summed E-state index contributed by atoms with van der Waals surface area (Å²) < 4.78 is 21.9. The van der Waals surface area contributed by atoms with Crippen LogP contribution >= 0.6 is 0 Å². The number of carbonyl (C=O) groups is 2. The van der Waals surface area contributed by atoms with Gasteiger partial charge in [-0.1, -0.05) is 49.4 Å². The van der Waals surface area contributed by atoms with E-state index in [1.165, 1.54) is 0 Å². The number of amides is 2. The van der Waals surface area contributed by atoms with Crippen LogP contribution in [0.4, 0.5) is 0 Å². The van der Waals surface area contributed by atoms with Gasteiger partial charge in [-0.05, 0) is 36.6 Å². The predicted octanol–water partition coefficient (Wildman–Crippen LogP) is 4.65. The van der Waals surface area contributed by atoms with Gasteiger partial charge in [-0.25, -0.2) is 0 Å². The van der Waals surface area contributed by atoms with Crippen LogP contribution < -0.4 is 24.3 Å². The molecule has 39 heavy (non-hydrogen) atoms. The van der Waals surface area contributed by atoms with Gasteiger partial charge in [0.1, 0.15) is 29.0 Å². The molecule has 3 aromatic carbocycles. The fourth-order valence-corrected chi connectivity index (χ4v) is 4.06. The molecule has 3 rings (SSSR count). The molecule has 0 saturated carbocycles. The molecule has 0 bridgehead atoms. The van der Waals surface area contributed by atoms with Crippen LogP contribution in [0.15, 0.2) is 72.8 Å². The van der Waals surface area contributed by atoms with E-state index < -0.39 is 6.04 Å². The Labute approximate surface area is 230 Å². The van der Waals surface area contributed by atoms with Crippen LogP contribution in [-0.4, -0.2) is 56.7 Å². The van der Waals surface area contributed by atoms with Crippen molar-refractivity contribution in [2.75, 3.05) is 27.9 Å². The molecule has 3 aromatic rings. The fraction of sp³-hybridized carbons (Fsp3) is 0.355. The Kier molecular flexibility index (Phi) is 11.0. The van der Waals surface area contributed by atoms with Crippen molar-refractivity contribution in [3.63, 3.8) is 0 Å². The highest BCUT2D eigenvalue weighted by Crippen LogP contribution is 2.27. The summed E-state index contributed by atoms with van der Waals surface area (Å²) in [5.41, 5.74) is 1.78. The third-order valence-electron chi connectivity index (χ3n) is 6.45. The van der Waals surface area contributed by atoms with Gasteiger partial charge in [-0.3, -0.25) is 9.59 Å². The second-order valence-electron chi connectivity index (χ2n) is 9.23. The smallest absolute Gasteiger partial charge is 0.261 e. The quantitative estimate of drug-likeness (QED) is 0.324. The average Bonchev–Trinajstić information content (AvgIpc) is 2.97. The van der Waals surface area contributed by atoms with Gasteiger partial charge in [0.15, 0.2) is 6.61 Å². The molecular formula is C31H38N2O6. The third-order valence-corrected chi connectivity index (χ3v) is 6.45. The SMILES string of the molecule is CC[C@@H](C)NC(=O)[C@H](Cc1ccccc1)N(Cc1cccc(OC)c1)C(=O)COc1cc(OC)cc(OC)c1. The summed E-state index contributed by atoms with van der Waals surface area (Å²) in [6.45, 7) is 3.88. The van der Waals surface area contributed by atoms with E-state index in [0.29, 0.717) is 29.4 Å². The molecule has 0 aliphatic rings. The minimum absolute atomic E-state index is 0.0370. The predicted molar refractivity (Wildman–Crippen MR) is 150 cm³/mol. The molecule has 8 heteroatoms. The molecule has 8 nitrogen and oxygen atoms in total. The zero-order valence-electron chi connectivity index (χ0n) is 23.3. The minimum Gasteiger partial charge on any atom is -0.497 e. The monoisotopic (exact) mass is 534 g/mol. The van der Waals surface area contributed by atoms with E-state index in [0.717, 1.165) is 17.5 Å². The lowest BCUT2D eigenvalue weighted by Gasteiger charge is -2.32. The van der Waals surface area contributed by atoms with E-state index in [4.69, 9.17) is 18.9 Å². The molecule has 0 aromatic heterocycles. The largest absolute Gasteiger partial charge is 0.497 e. The number of rotatable bonds is 14. The molecule has 0 unspecified atom stereocenters. The standard InChI is InChI=1S/C31H38N2O6/c1-6-22(2)32-31(35)29(16-23-11-8-7-9-12-23)33(20-24-13-10-14-25(15-24)36-3)30(34)21-39-28-18-26(37-4)17-27(19-28)38-5/h7-15,17-19,22,29H,6,16,20-21H2,1-5H3,(H,32,35)/t22-,29+/m1/s1. The topological polar surface area (TPSA) is 86.3 Å². The van der Waals surface area contributed by atoms with Gasteiger partial charge in [-0.15, -0.1) is 0 Å². The molecule has 0 aliphatic heterocycles. The summed E-state index contributed by atoms with van der Waals surface area (Å²) in [5, 5.41) is 3.07. The summed E-state index contributed by atoms with van der Waals surface area (Å²) in [6, 6.07) is 21.4. The molecule has 208 valence electrons. The van der Waals surface area contributed by atoms with Gasteiger partial charge in [0.05, 0.1) is 21.3 Å². The van der Waals surface area contributed by atoms with Gasteiger partial charge in [-0.2, -0.15) is 0 Å². The van der Waals surface area contributed by atoms with Crippen LogP contribution in [0.25, 0.3) is 0 Å². The first kappa shape index (κ1) is 29.4. The Morgan fingerprint density at radius 3 is 2.03 bits per heavy atom. The summed E-state index contributed by atoms with van der Waals surface area (Å²) >= 11 is 0. The number of ether oxygens (including phenoxy) is 4. The number of hydrogen-bond donors (Lipinski definition) is 1. The second-order valence-corrected chi connectivity index (χ2v) is 9.23. The Morgan fingerprint density at radius 1 is 0.795 bits per heavy atom. The van der Waals surface area contributed by atoms with E-state index in [2.05, 4.69) is 5.32 Å². The number of hydrogen-bond acceptors (Lipinski definition) is 6. The molecule has 0 saturated heterocycles. The van der Waals surface area contributed by atoms with Crippen molar-refractivity contribution in [3.05, 3.63) is 83.9 Å². The van der Waals surface area contributed by atoms with E-state index in [1.54, 1.807) is 44.4 Å². The number of carbonyl (C=O) groups excluding carboxylic acids is 2. The zero-order valence-corrected chi connectivity index (χ0v) is 23.3. The summed E-state index contributed by atoms with van der Waals surface area (Å²) in [6.07, 6.45) is 1.13. The van der Waals surface area contributed by atoms with Crippen LogP contribution in [0.3, 0.4) is 0 Å². The first-order chi connectivity index (χ1) is 18.9. The van der Waals surface area contributed by atoms with Crippen molar-refractivity contribution in [2.45, 2.75) is 45.3 Å². The molecule has 0 fully saturated rings. The maximum atomic E-state index is 13.8. The van der Waals surface area contributed by atoms with Gasteiger partial charge in [0.25, 0.3) is 5.91 Å². The van der Waals surface area contributed by atoms with Gasteiger partial charge in [0, 0.05) is 37.2 Å². The number of nitrogens with zero attached hydrogens (tertiary/aromatic N) is 1. The Balaban J connectivity index is 1.94. The Hall–Kier alpha value is -4.20. The van der Waals surface area contributed by atoms with E-state index in [-0.39, 0.29) is 31.0 Å². The van der Waals surface area contributed by atoms with Crippen molar-refractivity contribution < 1.29 is 28.5 Å². The average molecular weight is 535 g/mol. The zero-order chi connectivity index (χ0) is 28.2. The van der Waals surface area contributed by atoms with Crippen molar-refractivity contribution in [3.8, 4) is 23.0 Å². The lowest BCUT2D eigenvalue weighted by Crippen LogP contribution is -2.53. The van der Waals surface area contributed by atoms with E-state index >= 15 is 0 Å². The van der Waals surface area contributed by atoms with Gasteiger partial charge >= 0.3 is 0 Å². The molecule has 2 amide bonds. The summed E-state index contributed by atoms with van der Waals surface area (Å²) in [5.74, 6) is 1.63. The maximum Gasteiger partial charge on any atom is 0.261 e. The van der Waals surface area contributed by atoms with Crippen molar-refractivity contribution in [1.82, 2.24) is 10.2 Å². The minimum atomic E-state index is -0.761. The highest BCUT2D eigenvalue weighted by Gasteiger charge is 2.31. The summed E-state index contributed by atoms with van der Waals surface area (Å²) in [7, 11) is 4.68. The van der Waals surface area contributed by atoms with Crippen molar-refractivity contribution in [1.29, 1.82) is 0 Å². The van der Waals surface area contributed by atoms with Crippen molar-refractivity contribution >= 4 is 11.8 Å². The number of nitrogens with one attached hydrogen (secondary N) is 1.